The van der Waals surface area contributed by atoms with Gasteiger partial charge >= 0.3 is 0 Å². The number of methoxy groups -OCH3 is 1. The van der Waals surface area contributed by atoms with E-state index in [-0.39, 0.29) is 28.9 Å². The van der Waals surface area contributed by atoms with Gasteiger partial charge in [-0.1, -0.05) is 32.9 Å². The van der Waals surface area contributed by atoms with Crippen molar-refractivity contribution in [1.29, 1.82) is 0 Å². The smallest absolute Gasteiger partial charge is 0.220 e. The molecule has 3 N–H and O–H groups in total. The SMILES string of the molecule is COc1ccc(CCNC(=O)CCC(C)C2CCC3C4CCC5CC(O)CCC5(C)C4CC(O)C23C)cc1. The minimum atomic E-state index is -0.260. The number of carbonyl (C=O) groups excluding carboxylic acids is 1. The van der Waals surface area contributed by atoms with Gasteiger partial charge in [0.05, 0.1) is 19.3 Å². The monoisotopic (exact) mass is 525 g/mol. The molecule has 1 aromatic carbocycles. The van der Waals surface area contributed by atoms with E-state index in [1.165, 1.54) is 31.2 Å². The van der Waals surface area contributed by atoms with E-state index in [0.717, 1.165) is 44.3 Å². The Morgan fingerprint density at radius 1 is 1.05 bits per heavy atom. The van der Waals surface area contributed by atoms with Crippen molar-refractivity contribution < 1.29 is 19.7 Å². The molecule has 38 heavy (non-hydrogen) atoms. The normalized spacial score (nSPS) is 40.9. The third kappa shape index (κ3) is 5.03. The summed E-state index contributed by atoms with van der Waals surface area (Å²) in [5.74, 6) is 4.40. The van der Waals surface area contributed by atoms with Crippen LogP contribution in [0, 0.1) is 46.3 Å². The molecule has 212 valence electrons. The second-order valence-corrected chi connectivity index (χ2v) is 13.9. The van der Waals surface area contributed by atoms with Crippen LogP contribution in [0.4, 0.5) is 0 Å². The summed E-state index contributed by atoms with van der Waals surface area (Å²) in [6.45, 7) is 7.85. The number of hydrogen-bond donors (Lipinski definition) is 3. The number of benzene rings is 1. The fourth-order valence-electron chi connectivity index (χ4n) is 9.95. The standard InChI is InChI=1S/C33H51NO4/c1-21(5-14-31(37)34-18-16-22-6-9-25(38-4)10-7-22)27-12-13-28-26-11-8-23-19-24(35)15-17-32(23,2)29(26)20-30(36)33(27,28)3/h6-7,9-10,21,23-24,26-30,35-36H,5,8,11-20H2,1-4H3,(H,34,37). The third-order valence-electron chi connectivity index (χ3n) is 12.2. The predicted molar refractivity (Wildman–Crippen MR) is 151 cm³/mol. The lowest BCUT2D eigenvalue weighted by Gasteiger charge is -2.62. The Morgan fingerprint density at radius 2 is 1.82 bits per heavy atom. The van der Waals surface area contributed by atoms with Crippen molar-refractivity contribution in [2.75, 3.05) is 13.7 Å². The van der Waals surface area contributed by atoms with Crippen LogP contribution < -0.4 is 10.1 Å². The summed E-state index contributed by atoms with van der Waals surface area (Å²) in [6, 6.07) is 8.02. The molecule has 5 heteroatoms. The lowest BCUT2D eigenvalue weighted by atomic mass is 9.43. The lowest BCUT2D eigenvalue weighted by Crippen LogP contribution is -2.58. The lowest BCUT2D eigenvalue weighted by molar-refractivity contribution is -0.174. The molecule has 0 aliphatic heterocycles. The molecule has 1 aromatic rings. The van der Waals surface area contributed by atoms with Crippen LogP contribution in [0.5, 0.6) is 5.75 Å². The van der Waals surface area contributed by atoms with Crippen LogP contribution in [0.3, 0.4) is 0 Å². The maximum atomic E-state index is 12.7. The van der Waals surface area contributed by atoms with Crippen LogP contribution in [-0.4, -0.2) is 42.0 Å². The van der Waals surface area contributed by atoms with E-state index in [1.54, 1.807) is 7.11 Å². The number of ether oxygens (including phenoxy) is 1. The number of aliphatic hydroxyl groups is 2. The predicted octanol–water partition coefficient (Wildman–Crippen LogP) is 5.76. The number of rotatable bonds is 8. The van der Waals surface area contributed by atoms with Gasteiger partial charge in [0, 0.05) is 13.0 Å². The number of aliphatic hydroxyl groups excluding tert-OH is 2. The molecule has 10 unspecified atom stereocenters. The zero-order valence-electron chi connectivity index (χ0n) is 24.1. The van der Waals surface area contributed by atoms with Crippen molar-refractivity contribution in [3.8, 4) is 5.75 Å². The van der Waals surface area contributed by atoms with Gasteiger partial charge in [-0.25, -0.2) is 0 Å². The van der Waals surface area contributed by atoms with Crippen LogP contribution in [-0.2, 0) is 11.2 Å². The second kappa shape index (κ2) is 11.1. The summed E-state index contributed by atoms with van der Waals surface area (Å²) < 4.78 is 5.22. The first-order valence-corrected chi connectivity index (χ1v) is 15.4. The number of amides is 1. The van der Waals surface area contributed by atoms with Crippen molar-refractivity contribution in [3.05, 3.63) is 29.8 Å². The van der Waals surface area contributed by atoms with Crippen molar-refractivity contribution >= 4 is 5.91 Å². The van der Waals surface area contributed by atoms with Gasteiger partial charge in [0.15, 0.2) is 0 Å². The third-order valence-corrected chi connectivity index (χ3v) is 12.2. The van der Waals surface area contributed by atoms with Gasteiger partial charge in [0.25, 0.3) is 0 Å². The average Bonchev–Trinajstić information content (AvgIpc) is 3.27. The zero-order chi connectivity index (χ0) is 27.1. The van der Waals surface area contributed by atoms with Gasteiger partial charge in [0.2, 0.25) is 5.91 Å². The number of hydrogen-bond acceptors (Lipinski definition) is 4. The Labute approximate surface area is 230 Å². The minimum Gasteiger partial charge on any atom is -0.497 e. The van der Waals surface area contributed by atoms with Crippen LogP contribution in [0.2, 0.25) is 0 Å². The largest absolute Gasteiger partial charge is 0.497 e. The summed E-state index contributed by atoms with van der Waals surface area (Å²) >= 11 is 0. The molecule has 4 aliphatic carbocycles. The Balaban J connectivity index is 1.15. The summed E-state index contributed by atoms with van der Waals surface area (Å²) in [6.07, 6.45) is 10.7. The van der Waals surface area contributed by atoms with Crippen LogP contribution in [0.15, 0.2) is 24.3 Å². The minimum absolute atomic E-state index is 0.0389. The Kier molecular flexibility index (Phi) is 8.18. The Bertz CT molecular complexity index is 964. The first-order chi connectivity index (χ1) is 18.2. The second-order valence-electron chi connectivity index (χ2n) is 13.9. The topological polar surface area (TPSA) is 78.8 Å². The molecule has 10 atom stereocenters. The first kappa shape index (κ1) is 28.0. The zero-order valence-corrected chi connectivity index (χ0v) is 24.1. The molecule has 0 saturated heterocycles. The molecule has 5 nitrogen and oxygen atoms in total. The quantitative estimate of drug-likeness (QED) is 0.403. The number of fused-ring (bicyclic) bond motifs is 5. The fraction of sp³-hybridized carbons (Fsp3) is 0.788. The number of nitrogens with one attached hydrogen (secondary N) is 1. The Morgan fingerprint density at radius 3 is 2.55 bits per heavy atom. The van der Waals surface area contributed by atoms with Crippen LogP contribution in [0.1, 0.15) is 90.5 Å². The highest BCUT2D eigenvalue weighted by molar-refractivity contribution is 5.75. The molecular formula is C33H51NO4. The van der Waals surface area contributed by atoms with Crippen molar-refractivity contribution in [2.24, 2.45) is 46.3 Å². The van der Waals surface area contributed by atoms with E-state index in [4.69, 9.17) is 4.74 Å². The maximum Gasteiger partial charge on any atom is 0.220 e. The highest BCUT2D eigenvalue weighted by Crippen LogP contribution is 2.68. The van der Waals surface area contributed by atoms with Crippen molar-refractivity contribution in [2.45, 2.75) is 104 Å². The molecule has 1 amide bonds. The van der Waals surface area contributed by atoms with Gasteiger partial charge < -0.3 is 20.3 Å². The van der Waals surface area contributed by atoms with E-state index >= 15 is 0 Å². The molecule has 0 heterocycles. The number of carbonyl (C=O) groups is 1. The first-order valence-electron chi connectivity index (χ1n) is 15.4. The molecule has 4 fully saturated rings. The maximum absolute atomic E-state index is 12.7. The highest BCUT2D eigenvalue weighted by atomic mass is 16.5. The molecule has 0 spiro atoms. The van der Waals surface area contributed by atoms with E-state index in [0.29, 0.717) is 48.5 Å². The molecule has 4 aliphatic rings. The van der Waals surface area contributed by atoms with Gasteiger partial charge in [-0.3, -0.25) is 4.79 Å². The van der Waals surface area contributed by atoms with Crippen LogP contribution >= 0.6 is 0 Å². The summed E-state index contributed by atoms with van der Waals surface area (Å²) in [7, 11) is 1.67. The molecule has 4 saturated carbocycles. The van der Waals surface area contributed by atoms with E-state index in [1.807, 2.05) is 12.1 Å². The van der Waals surface area contributed by atoms with Gasteiger partial charge in [0.1, 0.15) is 5.75 Å². The van der Waals surface area contributed by atoms with Gasteiger partial charge in [-0.2, -0.15) is 0 Å². The summed E-state index contributed by atoms with van der Waals surface area (Å²) in [4.78, 5) is 12.7. The van der Waals surface area contributed by atoms with E-state index in [2.05, 4.69) is 38.2 Å². The van der Waals surface area contributed by atoms with E-state index in [9.17, 15) is 15.0 Å². The van der Waals surface area contributed by atoms with Gasteiger partial charge in [-0.05, 0) is 128 Å². The molecule has 0 radical (unpaired) electrons. The fourth-order valence-corrected chi connectivity index (χ4v) is 9.95. The van der Waals surface area contributed by atoms with Gasteiger partial charge in [-0.15, -0.1) is 0 Å². The van der Waals surface area contributed by atoms with Crippen molar-refractivity contribution in [1.82, 2.24) is 5.32 Å². The van der Waals surface area contributed by atoms with E-state index < -0.39 is 0 Å². The molecular weight excluding hydrogens is 474 g/mol. The average molecular weight is 526 g/mol. The molecule has 0 aromatic heterocycles. The molecule has 5 rings (SSSR count). The van der Waals surface area contributed by atoms with Crippen molar-refractivity contribution in [3.63, 3.8) is 0 Å². The summed E-state index contributed by atoms with van der Waals surface area (Å²) in [5.41, 5.74) is 1.43. The summed E-state index contributed by atoms with van der Waals surface area (Å²) in [5, 5.41) is 25.2. The van der Waals surface area contributed by atoms with Crippen LogP contribution in [0.25, 0.3) is 0 Å². The Hall–Kier alpha value is -1.59. The molecule has 0 bridgehead atoms. The highest BCUT2D eigenvalue weighted by Gasteiger charge is 2.63.